The van der Waals surface area contributed by atoms with Gasteiger partial charge in [-0.05, 0) is 12.8 Å². The first kappa shape index (κ1) is 10.5. The molecular formula is C5H10NO4P. The first-order chi connectivity index (χ1) is 5.04. The molecule has 0 amide bonds. The molecule has 0 aromatic rings. The van der Waals surface area contributed by atoms with Crippen LogP contribution >= 0.6 is 8.03 Å². The maximum absolute atomic E-state index is 10.1. The zero-order valence-electron chi connectivity index (χ0n) is 5.90. The molecule has 0 heterocycles. The van der Waals surface area contributed by atoms with E-state index in [9.17, 15) is 14.3 Å². The molecule has 0 aromatic heterocycles. The van der Waals surface area contributed by atoms with Crippen molar-refractivity contribution >= 4 is 14.0 Å². The van der Waals surface area contributed by atoms with Gasteiger partial charge in [0, 0.05) is 0 Å². The Bertz CT molecular complexity index is 161. The van der Waals surface area contributed by atoms with Gasteiger partial charge in [-0.25, -0.2) is 0 Å². The van der Waals surface area contributed by atoms with E-state index in [2.05, 4.69) is 0 Å². The molecule has 1 unspecified atom stereocenters. The van der Waals surface area contributed by atoms with E-state index in [-0.39, 0.29) is 12.6 Å². The highest BCUT2D eigenvalue weighted by atomic mass is 31.1. The lowest BCUT2D eigenvalue weighted by atomic mass is 10.2. The molecule has 5 nitrogen and oxygen atoms in total. The number of rotatable bonds is 5. The highest BCUT2D eigenvalue weighted by Crippen LogP contribution is 2.10. The van der Waals surface area contributed by atoms with Gasteiger partial charge >= 0.3 is 14.0 Å². The average molecular weight is 179 g/mol. The monoisotopic (exact) mass is 179 g/mol. The number of nitrogens with two attached hydrogens (primary N) is 1. The minimum Gasteiger partial charge on any atom is -0.596 e. The summed E-state index contributed by atoms with van der Waals surface area (Å²) in [6.07, 6.45) is 0.529. The fourth-order valence-corrected chi connectivity index (χ4v) is 1.00. The number of carboxylic acid groups (broad SMARTS) is 1. The van der Waals surface area contributed by atoms with Gasteiger partial charge in [0.25, 0.3) is 0 Å². The van der Waals surface area contributed by atoms with Gasteiger partial charge in [-0.3, -0.25) is 4.79 Å². The smallest absolute Gasteiger partial charge is 0.320 e. The maximum atomic E-state index is 10.1. The Kier molecular flexibility index (Phi) is 4.94. The standard InChI is InChI=1S/C5H10NO4P/c6-4(5(7)8)2-1-3-11(9)10/h4H,1-3,6H2,(H,7,8)/t4-/m0/s1. The molecule has 0 bridgehead atoms. The molecule has 64 valence electrons. The summed E-state index contributed by atoms with van der Waals surface area (Å²) in [6, 6.07) is -0.940. The van der Waals surface area contributed by atoms with Gasteiger partial charge in [-0.2, -0.15) is 0 Å². The second-order valence-electron chi connectivity index (χ2n) is 2.14. The molecule has 2 atom stereocenters. The lowest BCUT2D eigenvalue weighted by Gasteiger charge is -2.01. The molecule has 0 fully saturated rings. The lowest BCUT2D eigenvalue weighted by molar-refractivity contribution is -0.164. The van der Waals surface area contributed by atoms with Crippen molar-refractivity contribution < 1.29 is 19.4 Å². The fourth-order valence-electron chi connectivity index (χ4n) is 0.564. The van der Waals surface area contributed by atoms with E-state index in [1.54, 1.807) is 0 Å². The third-order valence-corrected chi connectivity index (χ3v) is 1.85. The summed E-state index contributed by atoms with van der Waals surface area (Å²) in [5.41, 5.74) is 5.11. The van der Waals surface area contributed by atoms with Gasteiger partial charge in [-0.15, -0.1) is 0 Å². The van der Waals surface area contributed by atoms with E-state index in [1.165, 1.54) is 0 Å². The highest BCUT2D eigenvalue weighted by molar-refractivity contribution is 7.36. The van der Waals surface area contributed by atoms with Crippen LogP contribution in [0.3, 0.4) is 0 Å². The van der Waals surface area contributed by atoms with Crippen LogP contribution < -0.4 is 10.6 Å². The zero-order chi connectivity index (χ0) is 8.85. The molecule has 0 aromatic carbocycles. The number of aliphatic carboxylic acids is 1. The topological polar surface area (TPSA) is 103 Å². The van der Waals surface area contributed by atoms with Gasteiger partial charge in [-0.1, -0.05) is 4.57 Å². The molecule has 0 radical (unpaired) electrons. The van der Waals surface area contributed by atoms with Crippen LogP contribution in [0.5, 0.6) is 0 Å². The van der Waals surface area contributed by atoms with E-state index in [1.807, 2.05) is 0 Å². The third-order valence-electron chi connectivity index (χ3n) is 1.17. The fraction of sp³-hybridized carbons (Fsp3) is 0.800. The molecule has 0 spiro atoms. The van der Waals surface area contributed by atoms with Gasteiger partial charge in [0.15, 0.2) is 0 Å². The third kappa shape index (κ3) is 5.91. The van der Waals surface area contributed by atoms with Gasteiger partial charge in [0.2, 0.25) is 0 Å². The Morgan fingerprint density at radius 2 is 2.27 bits per heavy atom. The van der Waals surface area contributed by atoms with Crippen LogP contribution in [0.2, 0.25) is 0 Å². The van der Waals surface area contributed by atoms with Crippen LogP contribution in [0, 0.1) is 0 Å². The van der Waals surface area contributed by atoms with Crippen LogP contribution in [0.25, 0.3) is 0 Å². The van der Waals surface area contributed by atoms with E-state index >= 15 is 0 Å². The Morgan fingerprint density at radius 3 is 2.64 bits per heavy atom. The van der Waals surface area contributed by atoms with E-state index in [4.69, 9.17) is 10.8 Å². The second kappa shape index (κ2) is 5.18. The Hall–Kier alpha value is -0.510. The molecule has 0 aliphatic carbocycles. The normalized spacial score (nSPS) is 14.2. The number of carbonyl (C=O) groups is 1. The highest BCUT2D eigenvalue weighted by Gasteiger charge is 2.12. The van der Waals surface area contributed by atoms with Crippen molar-refractivity contribution in [3.05, 3.63) is 0 Å². The number of carboxylic acids is 1. The summed E-state index contributed by atoms with van der Waals surface area (Å²) >= 11 is 0. The molecule has 0 saturated heterocycles. The SMILES string of the molecule is N[C@@H](CCC[P+](=O)[O-])C(=O)O. The van der Waals surface area contributed by atoms with Crippen molar-refractivity contribution in [3.63, 3.8) is 0 Å². The predicted molar refractivity (Wildman–Crippen MR) is 37.3 cm³/mol. The Balaban J connectivity index is 3.39. The average Bonchev–Trinajstić information content (AvgIpc) is 1.86. The minimum atomic E-state index is -2.40. The lowest BCUT2D eigenvalue weighted by Crippen LogP contribution is -2.29. The van der Waals surface area contributed by atoms with Gasteiger partial charge in [0.05, 0.1) is 0 Å². The molecule has 0 rings (SSSR count). The quantitative estimate of drug-likeness (QED) is 0.542. The first-order valence-corrected chi connectivity index (χ1v) is 4.50. The molecule has 0 aliphatic rings. The van der Waals surface area contributed by atoms with Crippen molar-refractivity contribution in [3.8, 4) is 0 Å². The van der Waals surface area contributed by atoms with Crippen molar-refractivity contribution in [2.45, 2.75) is 18.9 Å². The summed E-state index contributed by atoms with van der Waals surface area (Å²) in [6.45, 7) is 0. The van der Waals surface area contributed by atoms with Gasteiger partial charge in [0.1, 0.15) is 12.2 Å². The Labute approximate surface area is 65.1 Å². The van der Waals surface area contributed by atoms with E-state index < -0.39 is 20.0 Å². The summed E-state index contributed by atoms with van der Waals surface area (Å²) in [5, 5.41) is 8.27. The predicted octanol–water partition coefficient (Wildman–Crippen LogP) is -0.719. The largest absolute Gasteiger partial charge is 0.596 e. The summed E-state index contributed by atoms with van der Waals surface area (Å²) in [4.78, 5) is 20.1. The summed E-state index contributed by atoms with van der Waals surface area (Å²) in [7, 11) is -2.40. The molecule has 11 heavy (non-hydrogen) atoms. The molecule has 0 aliphatic heterocycles. The maximum Gasteiger partial charge on any atom is 0.320 e. The molecule has 6 heteroatoms. The molecule has 0 saturated carbocycles. The van der Waals surface area contributed by atoms with Crippen molar-refractivity contribution in [2.24, 2.45) is 5.73 Å². The van der Waals surface area contributed by atoms with Gasteiger partial charge < -0.3 is 15.7 Å². The Morgan fingerprint density at radius 1 is 1.73 bits per heavy atom. The first-order valence-electron chi connectivity index (χ1n) is 3.14. The van der Waals surface area contributed by atoms with Crippen molar-refractivity contribution in [1.29, 1.82) is 0 Å². The summed E-state index contributed by atoms with van der Waals surface area (Å²) in [5.74, 6) is -1.09. The van der Waals surface area contributed by atoms with E-state index in [0.29, 0.717) is 6.42 Å². The molecule has 3 N–H and O–H groups in total. The molecular weight excluding hydrogens is 169 g/mol. The van der Waals surface area contributed by atoms with Crippen LogP contribution in [0.4, 0.5) is 0 Å². The zero-order valence-corrected chi connectivity index (χ0v) is 6.79. The number of hydrogen-bond acceptors (Lipinski definition) is 4. The van der Waals surface area contributed by atoms with Crippen LogP contribution in [-0.2, 0) is 9.36 Å². The van der Waals surface area contributed by atoms with Crippen molar-refractivity contribution in [1.82, 2.24) is 0 Å². The van der Waals surface area contributed by atoms with E-state index in [0.717, 1.165) is 0 Å². The van der Waals surface area contributed by atoms with Crippen LogP contribution in [0.1, 0.15) is 12.8 Å². The second-order valence-corrected chi connectivity index (χ2v) is 3.26. The number of hydrogen-bond donors (Lipinski definition) is 2. The summed E-state index contributed by atoms with van der Waals surface area (Å²) < 4.78 is 10.00. The van der Waals surface area contributed by atoms with Crippen molar-refractivity contribution in [2.75, 3.05) is 6.16 Å². The van der Waals surface area contributed by atoms with Crippen LogP contribution in [-0.4, -0.2) is 23.3 Å². The minimum absolute atomic E-state index is 0.0102. The van der Waals surface area contributed by atoms with Crippen LogP contribution in [0.15, 0.2) is 0 Å².